The van der Waals surface area contributed by atoms with Crippen LogP contribution in [-0.4, -0.2) is 75.1 Å². The smallest absolute Gasteiger partial charge is 0.308 e. The summed E-state index contributed by atoms with van der Waals surface area (Å²) in [7, 11) is 4.42. The molecule has 1 aliphatic rings. The van der Waals surface area contributed by atoms with Crippen molar-refractivity contribution in [1.29, 1.82) is 0 Å². The van der Waals surface area contributed by atoms with Gasteiger partial charge in [0.25, 0.3) is 5.91 Å². The van der Waals surface area contributed by atoms with Crippen molar-refractivity contribution < 1.29 is 33.3 Å². The number of carbonyl (C=O) groups is 3. The zero-order chi connectivity index (χ0) is 29.5. The number of hydrogen-bond donors (Lipinski definition) is 0. The number of nitrogens with zero attached hydrogens (tertiary/aromatic N) is 2. The second-order valence-electron chi connectivity index (χ2n) is 9.19. The van der Waals surface area contributed by atoms with Gasteiger partial charge in [-0.3, -0.25) is 14.4 Å². The Labute approximate surface area is 243 Å². The largest absolute Gasteiger partial charge is 0.497 e. The predicted molar refractivity (Wildman–Crippen MR) is 155 cm³/mol. The van der Waals surface area contributed by atoms with Gasteiger partial charge in [0, 0.05) is 55.3 Å². The molecular weight excluding hydrogens is 548 g/mol. The van der Waals surface area contributed by atoms with Gasteiger partial charge in [0.1, 0.15) is 5.75 Å². The van der Waals surface area contributed by atoms with Crippen LogP contribution in [0.1, 0.15) is 28.4 Å². The van der Waals surface area contributed by atoms with Gasteiger partial charge in [-0.1, -0.05) is 41.9 Å². The van der Waals surface area contributed by atoms with E-state index in [0.717, 1.165) is 11.1 Å². The lowest BCUT2D eigenvalue weighted by molar-refractivity contribution is -0.132. The number of benzene rings is 3. The molecule has 0 aliphatic carbocycles. The third kappa shape index (κ3) is 6.81. The molecule has 4 rings (SSSR count). The van der Waals surface area contributed by atoms with Gasteiger partial charge in [-0.2, -0.15) is 0 Å². The second-order valence-corrected chi connectivity index (χ2v) is 9.59. The van der Waals surface area contributed by atoms with Gasteiger partial charge in [-0.15, -0.1) is 0 Å². The number of piperazine rings is 1. The molecule has 0 atom stereocenters. The molecule has 41 heavy (non-hydrogen) atoms. The first-order valence-corrected chi connectivity index (χ1v) is 13.3. The molecule has 9 nitrogen and oxygen atoms in total. The van der Waals surface area contributed by atoms with Crippen molar-refractivity contribution in [3.63, 3.8) is 0 Å². The average molecular weight is 579 g/mol. The highest BCUT2D eigenvalue weighted by atomic mass is 35.5. The molecule has 0 aromatic heterocycles. The third-order valence-electron chi connectivity index (χ3n) is 6.66. The molecule has 0 saturated carbocycles. The number of halogens is 1. The van der Waals surface area contributed by atoms with E-state index >= 15 is 0 Å². The van der Waals surface area contributed by atoms with Crippen molar-refractivity contribution in [2.24, 2.45) is 0 Å². The zero-order valence-electron chi connectivity index (χ0n) is 23.3. The van der Waals surface area contributed by atoms with Crippen LogP contribution in [-0.2, 0) is 9.59 Å². The summed E-state index contributed by atoms with van der Waals surface area (Å²) in [6.07, 6.45) is 1.59. The van der Waals surface area contributed by atoms with Crippen molar-refractivity contribution in [2.45, 2.75) is 6.92 Å². The Morgan fingerprint density at radius 2 is 1.37 bits per heavy atom. The summed E-state index contributed by atoms with van der Waals surface area (Å²) in [5.74, 6) is 0.230. The monoisotopic (exact) mass is 578 g/mol. The summed E-state index contributed by atoms with van der Waals surface area (Å²) in [4.78, 5) is 41.7. The molecular formula is C31H31ClN2O7. The molecule has 0 unspecified atom stereocenters. The Bertz CT molecular complexity index is 1440. The number of hydrogen-bond acceptors (Lipinski definition) is 7. The van der Waals surface area contributed by atoms with Crippen LogP contribution in [0.4, 0.5) is 0 Å². The molecule has 3 aromatic carbocycles. The fourth-order valence-corrected chi connectivity index (χ4v) is 4.78. The Balaban J connectivity index is 1.52. The summed E-state index contributed by atoms with van der Waals surface area (Å²) in [6.45, 7) is 2.62. The van der Waals surface area contributed by atoms with E-state index < -0.39 is 5.97 Å². The highest BCUT2D eigenvalue weighted by Gasteiger charge is 2.27. The van der Waals surface area contributed by atoms with Crippen LogP contribution in [0, 0.1) is 0 Å². The van der Waals surface area contributed by atoms with Crippen LogP contribution in [0.5, 0.6) is 23.0 Å². The van der Waals surface area contributed by atoms with Gasteiger partial charge in [-0.25, -0.2) is 0 Å². The third-order valence-corrected chi connectivity index (χ3v) is 6.99. The van der Waals surface area contributed by atoms with Crippen LogP contribution < -0.4 is 18.9 Å². The first-order chi connectivity index (χ1) is 19.7. The van der Waals surface area contributed by atoms with E-state index in [9.17, 15) is 14.4 Å². The van der Waals surface area contributed by atoms with Crippen molar-refractivity contribution in [1.82, 2.24) is 9.80 Å². The molecule has 214 valence electrons. The second kappa shape index (κ2) is 13.2. The highest BCUT2D eigenvalue weighted by Crippen LogP contribution is 2.39. The molecule has 2 amide bonds. The fourth-order valence-electron chi connectivity index (χ4n) is 4.54. The van der Waals surface area contributed by atoms with Gasteiger partial charge in [-0.05, 0) is 41.5 Å². The first-order valence-electron chi connectivity index (χ1n) is 12.9. The van der Waals surface area contributed by atoms with Gasteiger partial charge in [0.05, 0.1) is 21.3 Å². The summed E-state index contributed by atoms with van der Waals surface area (Å²) in [6, 6.07) is 17.8. The summed E-state index contributed by atoms with van der Waals surface area (Å²) in [5.41, 5.74) is 2.56. The maximum Gasteiger partial charge on any atom is 0.308 e. The molecule has 10 heteroatoms. The van der Waals surface area contributed by atoms with E-state index in [4.69, 9.17) is 30.5 Å². The number of amides is 2. The Morgan fingerprint density at radius 3 is 1.90 bits per heavy atom. The lowest BCUT2D eigenvalue weighted by Gasteiger charge is -2.34. The molecule has 1 fully saturated rings. The lowest BCUT2D eigenvalue weighted by atomic mass is 9.97. The Morgan fingerprint density at radius 1 is 0.780 bits per heavy atom. The SMILES string of the molecule is COc1ccc(/C(=C\C(=O)N2CCN(C(=O)c3cc(OC)c(OC(C)=O)c(OC)c3)CC2)c2ccccc2Cl)cc1. The van der Waals surface area contributed by atoms with E-state index in [1.54, 1.807) is 29.1 Å². The standard InChI is InChI=1S/C31H31ClN2O7/c1-20(35)41-30-27(39-3)17-22(18-28(30)40-4)31(37)34-15-13-33(14-16-34)29(36)19-25(24-7-5-6-8-26(24)32)21-9-11-23(38-2)12-10-21/h5-12,17-19H,13-16H2,1-4H3/b25-19+. The average Bonchev–Trinajstić information content (AvgIpc) is 2.99. The minimum Gasteiger partial charge on any atom is -0.497 e. The number of carbonyl (C=O) groups excluding carboxylic acids is 3. The fraction of sp³-hybridized carbons (Fsp3) is 0.258. The highest BCUT2D eigenvalue weighted by molar-refractivity contribution is 6.32. The van der Waals surface area contributed by atoms with E-state index in [0.29, 0.717) is 48.1 Å². The zero-order valence-corrected chi connectivity index (χ0v) is 24.1. The van der Waals surface area contributed by atoms with Crippen LogP contribution in [0.15, 0.2) is 66.7 Å². The van der Waals surface area contributed by atoms with E-state index in [-0.39, 0.29) is 29.1 Å². The normalized spacial score (nSPS) is 13.4. The minimum absolute atomic E-state index is 0.104. The van der Waals surface area contributed by atoms with Crippen molar-refractivity contribution in [2.75, 3.05) is 47.5 Å². The topological polar surface area (TPSA) is 94.6 Å². The van der Waals surface area contributed by atoms with Crippen LogP contribution in [0.3, 0.4) is 0 Å². The van der Waals surface area contributed by atoms with Gasteiger partial charge >= 0.3 is 5.97 Å². The minimum atomic E-state index is -0.541. The van der Waals surface area contributed by atoms with Crippen molar-refractivity contribution in [3.05, 3.63) is 88.5 Å². The molecule has 1 aliphatic heterocycles. The maximum atomic E-state index is 13.4. The quantitative estimate of drug-likeness (QED) is 0.217. The van der Waals surface area contributed by atoms with Gasteiger partial charge < -0.3 is 28.7 Å². The Hall–Kier alpha value is -4.50. The maximum absolute atomic E-state index is 13.4. The van der Waals surface area contributed by atoms with E-state index in [1.165, 1.54) is 33.3 Å². The number of esters is 1. The van der Waals surface area contributed by atoms with Crippen LogP contribution in [0.25, 0.3) is 5.57 Å². The summed E-state index contributed by atoms with van der Waals surface area (Å²) in [5, 5.41) is 0.531. The van der Waals surface area contributed by atoms with Gasteiger partial charge in [0.15, 0.2) is 11.5 Å². The molecule has 1 saturated heterocycles. The molecule has 1 heterocycles. The van der Waals surface area contributed by atoms with Crippen molar-refractivity contribution in [3.8, 4) is 23.0 Å². The summed E-state index contributed by atoms with van der Waals surface area (Å²) < 4.78 is 21.2. The van der Waals surface area contributed by atoms with Crippen LogP contribution >= 0.6 is 11.6 Å². The predicted octanol–water partition coefficient (Wildman–Crippen LogP) is 4.71. The first kappa shape index (κ1) is 29.5. The number of rotatable bonds is 8. The van der Waals surface area contributed by atoms with Crippen molar-refractivity contribution >= 4 is 35.0 Å². The molecule has 0 bridgehead atoms. The Kier molecular flexibility index (Phi) is 9.52. The number of ether oxygens (including phenoxy) is 4. The molecule has 0 radical (unpaired) electrons. The molecule has 0 N–H and O–H groups in total. The molecule has 3 aromatic rings. The van der Waals surface area contributed by atoms with Gasteiger partial charge in [0.2, 0.25) is 11.7 Å². The van der Waals surface area contributed by atoms with E-state index in [2.05, 4.69) is 0 Å². The van der Waals surface area contributed by atoms with Crippen LogP contribution in [0.2, 0.25) is 5.02 Å². The number of methoxy groups -OCH3 is 3. The van der Waals surface area contributed by atoms with E-state index in [1.807, 2.05) is 42.5 Å². The lowest BCUT2D eigenvalue weighted by Crippen LogP contribution is -2.50. The summed E-state index contributed by atoms with van der Waals surface area (Å²) >= 11 is 6.51. The molecule has 0 spiro atoms.